The van der Waals surface area contributed by atoms with E-state index >= 15 is 0 Å². The Kier molecular flexibility index (Phi) is 4.63. The van der Waals surface area contributed by atoms with Gasteiger partial charge in [0.1, 0.15) is 11.7 Å². The van der Waals surface area contributed by atoms with E-state index in [4.69, 9.17) is 5.73 Å². The fraction of sp³-hybridized carbons (Fsp3) is 0.0667. The van der Waals surface area contributed by atoms with Crippen LogP contribution in [-0.2, 0) is 0 Å². The van der Waals surface area contributed by atoms with Gasteiger partial charge in [0, 0.05) is 10.0 Å². The minimum atomic E-state index is -0.377. The van der Waals surface area contributed by atoms with Crippen molar-refractivity contribution in [2.75, 3.05) is 0 Å². The minimum Gasteiger partial charge on any atom is -0.387 e. The molecular formula is C15H12BrFN2O. The third-order valence-corrected chi connectivity index (χ3v) is 3.14. The van der Waals surface area contributed by atoms with E-state index in [0.717, 1.165) is 4.47 Å². The quantitative estimate of drug-likeness (QED) is 0.524. The highest BCUT2D eigenvalue weighted by molar-refractivity contribution is 9.10. The first-order valence-corrected chi connectivity index (χ1v) is 6.71. The van der Waals surface area contributed by atoms with Crippen LogP contribution in [0.1, 0.15) is 16.8 Å². The molecule has 0 unspecified atom stereocenters. The average molecular weight is 335 g/mol. The first-order valence-electron chi connectivity index (χ1n) is 5.92. The molecule has 0 saturated carbocycles. The van der Waals surface area contributed by atoms with Crippen LogP contribution in [0.25, 0.3) is 0 Å². The maximum Gasteiger partial charge on any atom is 0.170 e. The van der Waals surface area contributed by atoms with Crippen molar-refractivity contribution in [1.29, 1.82) is 0 Å². The van der Waals surface area contributed by atoms with Crippen LogP contribution in [0.5, 0.6) is 0 Å². The van der Waals surface area contributed by atoms with Crippen molar-refractivity contribution < 1.29 is 9.18 Å². The molecule has 0 bridgehead atoms. The number of hydrogen-bond acceptors (Lipinski definition) is 2. The zero-order chi connectivity index (χ0) is 14.5. The molecule has 20 heavy (non-hydrogen) atoms. The standard InChI is InChI=1S/C15H12BrFN2O/c16-11-3-7-13(8-4-11)19-15(18)9-14(20)10-1-5-12(17)6-2-10/h1-8H,9H2,(H2,18,19). The second kappa shape index (κ2) is 6.43. The highest BCUT2D eigenvalue weighted by Crippen LogP contribution is 2.17. The topological polar surface area (TPSA) is 55.5 Å². The number of aliphatic imine (C=N–C) groups is 1. The molecule has 0 aromatic heterocycles. The predicted octanol–water partition coefficient (Wildman–Crippen LogP) is 3.85. The van der Waals surface area contributed by atoms with Gasteiger partial charge in [-0.25, -0.2) is 9.38 Å². The maximum absolute atomic E-state index is 12.8. The Morgan fingerprint density at radius 3 is 2.30 bits per heavy atom. The largest absolute Gasteiger partial charge is 0.387 e. The number of carbonyl (C=O) groups is 1. The van der Waals surface area contributed by atoms with Crippen LogP contribution in [-0.4, -0.2) is 11.6 Å². The molecule has 0 atom stereocenters. The zero-order valence-corrected chi connectivity index (χ0v) is 12.1. The number of ketones is 1. The Balaban J connectivity index is 2.07. The lowest BCUT2D eigenvalue weighted by Crippen LogP contribution is -2.16. The number of Topliss-reactive ketones (excluding diaryl/α,β-unsaturated/α-hetero) is 1. The molecule has 0 aliphatic heterocycles. The van der Waals surface area contributed by atoms with Crippen molar-refractivity contribution in [2.24, 2.45) is 10.7 Å². The van der Waals surface area contributed by atoms with Gasteiger partial charge in [-0.05, 0) is 48.5 Å². The summed E-state index contributed by atoms with van der Waals surface area (Å²) in [6.07, 6.45) is 0.00168. The summed E-state index contributed by atoms with van der Waals surface area (Å²) in [6, 6.07) is 12.6. The van der Waals surface area contributed by atoms with Gasteiger partial charge in [0.2, 0.25) is 0 Å². The van der Waals surface area contributed by atoms with E-state index in [9.17, 15) is 9.18 Å². The Bertz CT molecular complexity index is 636. The van der Waals surface area contributed by atoms with Gasteiger partial charge in [-0.1, -0.05) is 15.9 Å². The second-order valence-electron chi connectivity index (χ2n) is 4.19. The summed E-state index contributed by atoms with van der Waals surface area (Å²) >= 11 is 3.32. The number of nitrogens with two attached hydrogens (primary N) is 1. The van der Waals surface area contributed by atoms with Crippen molar-refractivity contribution in [3.05, 3.63) is 64.4 Å². The predicted molar refractivity (Wildman–Crippen MR) is 80.8 cm³/mol. The van der Waals surface area contributed by atoms with Crippen LogP contribution in [0.3, 0.4) is 0 Å². The lowest BCUT2D eigenvalue weighted by molar-refractivity contribution is 0.100. The van der Waals surface area contributed by atoms with Crippen molar-refractivity contribution in [3.8, 4) is 0 Å². The van der Waals surface area contributed by atoms with Gasteiger partial charge < -0.3 is 5.73 Å². The molecular weight excluding hydrogens is 323 g/mol. The SMILES string of the molecule is NC(CC(=O)c1ccc(F)cc1)=Nc1ccc(Br)cc1. The molecule has 2 N–H and O–H groups in total. The molecule has 0 saturated heterocycles. The third-order valence-electron chi connectivity index (χ3n) is 2.61. The first-order chi connectivity index (χ1) is 9.54. The lowest BCUT2D eigenvalue weighted by atomic mass is 10.1. The maximum atomic E-state index is 12.8. The van der Waals surface area contributed by atoms with Gasteiger partial charge in [-0.3, -0.25) is 4.79 Å². The van der Waals surface area contributed by atoms with Gasteiger partial charge in [-0.15, -0.1) is 0 Å². The summed E-state index contributed by atoms with van der Waals surface area (Å²) in [5.74, 6) is -0.344. The Hall–Kier alpha value is -2.01. The van der Waals surface area contributed by atoms with Gasteiger partial charge >= 0.3 is 0 Å². The first kappa shape index (κ1) is 14.4. The smallest absolute Gasteiger partial charge is 0.170 e. The molecule has 5 heteroatoms. The van der Waals surface area contributed by atoms with Gasteiger partial charge in [0.15, 0.2) is 5.78 Å². The lowest BCUT2D eigenvalue weighted by Gasteiger charge is -2.02. The molecule has 2 aromatic carbocycles. The summed E-state index contributed by atoms with van der Waals surface area (Å²) in [5.41, 5.74) is 6.85. The average Bonchev–Trinajstić information content (AvgIpc) is 2.42. The van der Waals surface area contributed by atoms with E-state index in [1.807, 2.05) is 12.1 Å². The molecule has 0 fully saturated rings. The zero-order valence-electron chi connectivity index (χ0n) is 10.5. The van der Waals surface area contributed by atoms with Crippen molar-refractivity contribution in [2.45, 2.75) is 6.42 Å². The summed E-state index contributed by atoms with van der Waals surface area (Å²) in [5, 5.41) is 0. The third kappa shape index (κ3) is 3.99. The molecule has 2 aromatic rings. The van der Waals surface area contributed by atoms with Gasteiger partial charge in [-0.2, -0.15) is 0 Å². The fourth-order valence-electron chi connectivity index (χ4n) is 1.62. The highest BCUT2D eigenvalue weighted by atomic mass is 79.9. The van der Waals surface area contributed by atoms with Gasteiger partial charge in [0.25, 0.3) is 0 Å². The molecule has 0 amide bonds. The number of rotatable bonds is 4. The van der Waals surface area contributed by atoms with Crippen LogP contribution in [0, 0.1) is 5.82 Å². The van der Waals surface area contributed by atoms with Crippen LogP contribution in [0.2, 0.25) is 0 Å². The van der Waals surface area contributed by atoms with Crippen molar-refractivity contribution in [1.82, 2.24) is 0 Å². The van der Waals surface area contributed by atoms with E-state index in [0.29, 0.717) is 11.3 Å². The normalized spacial score (nSPS) is 11.4. The minimum absolute atomic E-state index is 0.00168. The van der Waals surface area contributed by atoms with Crippen LogP contribution in [0.4, 0.5) is 10.1 Å². The number of carbonyl (C=O) groups excluding carboxylic acids is 1. The van der Waals surface area contributed by atoms with E-state index in [-0.39, 0.29) is 23.9 Å². The molecule has 102 valence electrons. The van der Waals surface area contributed by atoms with Crippen LogP contribution < -0.4 is 5.73 Å². The van der Waals surface area contributed by atoms with Crippen molar-refractivity contribution >= 4 is 33.2 Å². The Labute approximate surface area is 124 Å². The molecule has 0 radical (unpaired) electrons. The summed E-state index contributed by atoms with van der Waals surface area (Å²) in [7, 11) is 0. The number of benzene rings is 2. The van der Waals surface area contributed by atoms with Gasteiger partial charge in [0.05, 0.1) is 12.1 Å². The monoisotopic (exact) mass is 334 g/mol. The van der Waals surface area contributed by atoms with Crippen LogP contribution >= 0.6 is 15.9 Å². The van der Waals surface area contributed by atoms with E-state index in [2.05, 4.69) is 20.9 Å². The highest BCUT2D eigenvalue weighted by Gasteiger charge is 2.08. The second-order valence-corrected chi connectivity index (χ2v) is 5.10. The summed E-state index contributed by atoms with van der Waals surface area (Å²) < 4.78 is 13.7. The Morgan fingerprint density at radius 1 is 1.10 bits per heavy atom. The molecule has 0 spiro atoms. The number of amidine groups is 1. The number of hydrogen-bond donors (Lipinski definition) is 1. The Morgan fingerprint density at radius 2 is 1.70 bits per heavy atom. The molecule has 0 aliphatic rings. The number of halogens is 2. The van der Waals surface area contributed by atoms with Crippen molar-refractivity contribution in [3.63, 3.8) is 0 Å². The van der Waals surface area contributed by atoms with E-state index in [1.165, 1.54) is 24.3 Å². The molecule has 0 heterocycles. The molecule has 3 nitrogen and oxygen atoms in total. The summed E-state index contributed by atoms with van der Waals surface area (Å²) in [6.45, 7) is 0. The van der Waals surface area contributed by atoms with Crippen LogP contribution in [0.15, 0.2) is 58.0 Å². The molecule has 0 aliphatic carbocycles. The molecule has 2 rings (SSSR count). The number of nitrogens with zero attached hydrogens (tertiary/aromatic N) is 1. The fourth-order valence-corrected chi connectivity index (χ4v) is 1.89. The van der Waals surface area contributed by atoms with E-state index in [1.54, 1.807) is 12.1 Å². The summed E-state index contributed by atoms with van der Waals surface area (Å²) in [4.78, 5) is 16.1. The van der Waals surface area contributed by atoms with E-state index < -0.39 is 0 Å².